The Morgan fingerprint density at radius 1 is 1.45 bits per heavy atom. The van der Waals surface area contributed by atoms with Crippen LogP contribution < -0.4 is 5.32 Å². The van der Waals surface area contributed by atoms with Crippen LogP contribution in [0.1, 0.15) is 0 Å². The molecule has 3 nitrogen and oxygen atoms in total. The van der Waals surface area contributed by atoms with E-state index in [0.717, 1.165) is 0 Å². The standard InChI is InChI=1S/C8H8N2O/c9-5-6-10-7-3-1-2-4-8(7)11/h1-4,10-11H,6H2. The van der Waals surface area contributed by atoms with Crippen molar-refractivity contribution in [2.45, 2.75) is 0 Å². The van der Waals surface area contributed by atoms with Gasteiger partial charge < -0.3 is 10.4 Å². The molecule has 0 fully saturated rings. The van der Waals surface area contributed by atoms with Gasteiger partial charge in [0.05, 0.1) is 11.8 Å². The minimum Gasteiger partial charge on any atom is -0.506 e. The number of hydrogen-bond donors (Lipinski definition) is 2. The molecule has 0 aliphatic rings. The molecular formula is C8H8N2O. The van der Waals surface area contributed by atoms with Gasteiger partial charge in [-0.2, -0.15) is 5.26 Å². The Balaban J connectivity index is 2.71. The highest BCUT2D eigenvalue weighted by Gasteiger charge is 1.95. The fourth-order valence-corrected chi connectivity index (χ4v) is 0.758. The van der Waals surface area contributed by atoms with Crippen LogP contribution in [0.4, 0.5) is 5.69 Å². The van der Waals surface area contributed by atoms with Gasteiger partial charge in [0.25, 0.3) is 0 Å². The van der Waals surface area contributed by atoms with Crippen molar-refractivity contribution in [2.24, 2.45) is 0 Å². The topological polar surface area (TPSA) is 56.0 Å². The van der Waals surface area contributed by atoms with Crippen LogP contribution >= 0.6 is 0 Å². The number of hydrogen-bond acceptors (Lipinski definition) is 3. The van der Waals surface area contributed by atoms with Crippen LogP contribution in [0.3, 0.4) is 0 Å². The normalized spacial score (nSPS) is 8.64. The molecule has 0 unspecified atom stereocenters. The largest absolute Gasteiger partial charge is 0.506 e. The Kier molecular flexibility index (Phi) is 2.34. The van der Waals surface area contributed by atoms with Gasteiger partial charge in [-0.3, -0.25) is 0 Å². The SMILES string of the molecule is N#CCNc1ccccc1O. The molecule has 11 heavy (non-hydrogen) atoms. The summed E-state index contributed by atoms with van der Waals surface area (Å²) in [6.07, 6.45) is 0. The van der Waals surface area contributed by atoms with E-state index in [1.54, 1.807) is 24.3 Å². The third-order valence-corrected chi connectivity index (χ3v) is 1.26. The first-order valence-corrected chi connectivity index (χ1v) is 3.23. The number of rotatable bonds is 2. The van der Waals surface area contributed by atoms with Crippen molar-refractivity contribution in [1.29, 1.82) is 5.26 Å². The number of phenols is 1. The molecule has 0 radical (unpaired) electrons. The molecule has 1 aromatic carbocycles. The Morgan fingerprint density at radius 3 is 2.82 bits per heavy atom. The van der Waals surface area contributed by atoms with Crippen molar-refractivity contribution >= 4 is 5.69 Å². The van der Waals surface area contributed by atoms with Crippen molar-refractivity contribution in [3.05, 3.63) is 24.3 Å². The van der Waals surface area contributed by atoms with Crippen molar-refractivity contribution < 1.29 is 5.11 Å². The highest BCUT2D eigenvalue weighted by molar-refractivity contribution is 5.55. The lowest BCUT2D eigenvalue weighted by Gasteiger charge is -2.02. The van der Waals surface area contributed by atoms with Crippen molar-refractivity contribution in [1.82, 2.24) is 0 Å². The maximum atomic E-state index is 9.17. The summed E-state index contributed by atoms with van der Waals surface area (Å²) in [5.41, 5.74) is 0.592. The van der Waals surface area contributed by atoms with Crippen molar-refractivity contribution in [3.63, 3.8) is 0 Å². The zero-order chi connectivity index (χ0) is 8.10. The van der Waals surface area contributed by atoms with Crippen LogP contribution in [0, 0.1) is 11.3 Å². The van der Waals surface area contributed by atoms with E-state index in [4.69, 9.17) is 10.4 Å². The highest BCUT2D eigenvalue weighted by Crippen LogP contribution is 2.20. The molecule has 0 aliphatic heterocycles. The van der Waals surface area contributed by atoms with E-state index in [-0.39, 0.29) is 12.3 Å². The van der Waals surface area contributed by atoms with Crippen LogP contribution in [-0.2, 0) is 0 Å². The van der Waals surface area contributed by atoms with Crippen LogP contribution in [0.2, 0.25) is 0 Å². The summed E-state index contributed by atoms with van der Waals surface area (Å²) in [4.78, 5) is 0. The zero-order valence-corrected chi connectivity index (χ0v) is 5.91. The number of nitriles is 1. The van der Waals surface area contributed by atoms with Gasteiger partial charge in [0.15, 0.2) is 0 Å². The van der Waals surface area contributed by atoms with Gasteiger partial charge in [-0.25, -0.2) is 0 Å². The molecule has 0 aliphatic carbocycles. The first-order valence-electron chi connectivity index (χ1n) is 3.23. The van der Waals surface area contributed by atoms with Gasteiger partial charge >= 0.3 is 0 Å². The first-order chi connectivity index (χ1) is 5.34. The Labute approximate surface area is 64.9 Å². The second-order valence-electron chi connectivity index (χ2n) is 2.03. The Hall–Kier alpha value is -1.69. The van der Waals surface area contributed by atoms with Crippen molar-refractivity contribution in [2.75, 3.05) is 11.9 Å². The van der Waals surface area contributed by atoms with Gasteiger partial charge in [0.1, 0.15) is 12.3 Å². The number of phenolic OH excluding ortho intramolecular Hbond substituents is 1. The van der Waals surface area contributed by atoms with E-state index in [1.165, 1.54) is 0 Å². The second-order valence-corrected chi connectivity index (χ2v) is 2.03. The van der Waals surface area contributed by atoms with Crippen LogP contribution in [0.25, 0.3) is 0 Å². The summed E-state index contributed by atoms with van der Waals surface area (Å²) < 4.78 is 0. The molecule has 0 bridgehead atoms. The molecule has 0 aromatic heterocycles. The molecule has 0 heterocycles. The summed E-state index contributed by atoms with van der Waals surface area (Å²) >= 11 is 0. The molecule has 0 spiro atoms. The molecule has 3 heteroatoms. The number of nitrogens with one attached hydrogen (secondary N) is 1. The summed E-state index contributed by atoms with van der Waals surface area (Å²) in [5.74, 6) is 0.169. The van der Waals surface area contributed by atoms with Crippen LogP contribution in [0.5, 0.6) is 5.75 Å². The monoisotopic (exact) mass is 148 g/mol. The Bertz CT molecular complexity index is 278. The zero-order valence-electron chi connectivity index (χ0n) is 5.91. The number of anilines is 1. The predicted octanol–water partition coefficient (Wildman–Crippen LogP) is 1.33. The second kappa shape index (κ2) is 3.47. The van der Waals surface area contributed by atoms with E-state index in [2.05, 4.69) is 5.32 Å². The highest BCUT2D eigenvalue weighted by atomic mass is 16.3. The smallest absolute Gasteiger partial charge is 0.138 e. The molecule has 1 aromatic rings. The molecule has 0 saturated heterocycles. The third kappa shape index (κ3) is 1.87. The van der Waals surface area contributed by atoms with Crippen LogP contribution in [0.15, 0.2) is 24.3 Å². The van der Waals surface area contributed by atoms with Crippen molar-refractivity contribution in [3.8, 4) is 11.8 Å². The van der Waals surface area contributed by atoms with Gasteiger partial charge in [-0.15, -0.1) is 0 Å². The van der Waals surface area contributed by atoms with E-state index < -0.39 is 0 Å². The maximum Gasteiger partial charge on any atom is 0.138 e. The number of benzene rings is 1. The quantitative estimate of drug-likeness (QED) is 0.491. The van der Waals surface area contributed by atoms with Gasteiger partial charge in [0, 0.05) is 0 Å². The van der Waals surface area contributed by atoms with E-state index in [9.17, 15) is 0 Å². The van der Waals surface area contributed by atoms with E-state index in [1.807, 2.05) is 6.07 Å². The lowest BCUT2D eigenvalue weighted by molar-refractivity contribution is 0.477. The summed E-state index contributed by atoms with van der Waals surface area (Å²) in [7, 11) is 0. The fraction of sp³-hybridized carbons (Fsp3) is 0.125. The fourth-order valence-electron chi connectivity index (χ4n) is 0.758. The van der Waals surface area contributed by atoms with Gasteiger partial charge in [-0.05, 0) is 12.1 Å². The molecule has 56 valence electrons. The minimum atomic E-state index is 0.169. The van der Waals surface area contributed by atoms with Gasteiger partial charge in [0.2, 0.25) is 0 Å². The average Bonchev–Trinajstić information content (AvgIpc) is 2.03. The van der Waals surface area contributed by atoms with Crippen LogP contribution in [-0.4, -0.2) is 11.7 Å². The molecule has 1 rings (SSSR count). The first kappa shape index (κ1) is 7.42. The molecule has 2 N–H and O–H groups in total. The average molecular weight is 148 g/mol. The maximum absolute atomic E-state index is 9.17. The number of para-hydroxylation sites is 2. The minimum absolute atomic E-state index is 0.169. The lowest BCUT2D eigenvalue weighted by atomic mass is 10.3. The lowest BCUT2D eigenvalue weighted by Crippen LogP contribution is -1.97. The number of nitrogens with zero attached hydrogens (tertiary/aromatic N) is 1. The third-order valence-electron chi connectivity index (χ3n) is 1.26. The molecule has 0 atom stereocenters. The van der Waals surface area contributed by atoms with E-state index in [0.29, 0.717) is 5.69 Å². The summed E-state index contributed by atoms with van der Waals surface area (Å²) in [5, 5.41) is 20.1. The predicted molar refractivity (Wildman–Crippen MR) is 42.2 cm³/mol. The Morgan fingerprint density at radius 2 is 2.18 bits per heavy atom. The summed E-state index contributed by atoms with van der Waals surface area (Å²) in [6, 6.07) is 8.73. The molecule has 0 amide bonds. The molecular weight excluding hydrogens is 140 g/mol. The summed E-state index contributed by atoms with van der Waals surface area (Å²) in [6.45, 7) is 0.206. The van der Waals surface area contributed by atoms with E-state index >= 15 is 0 Å². The van der Waals surface area contributed by atoms with Gasteiger partial charge in [-0.1, -0.05) is 12.1 Å². The number of aromatic hydroxyl groups is 1. The molecule has 0 saturated carbocycles.